The highest BCUT2D eigenvalue weighted by molar-refractivity contribution is 5.77. The Labute approximate surface area is 186 Å². The van der Waals surface area contributed by atoms with Gasteiger partial charge in [0.2, 0.25) is 40.7 Å². The highest BCUT2D eigenvalue weighted by atomic mass is 19.2. The smallest absolute Gasteiger partial charge is 0.313 e. The monoisotopic (exact) mass is 488 g/mol. The first-order valence-electron chi connectivity index (χ1n) is 9.79. The molecule has 0 saturated carbocycles. The zero-order chi connectivity index (χ0) is 24.6. The number of halogens is 5. The van der Waals surface area contributed by atoms with Gasteiger partial charge in [0, 0.05) is 6.54 Å². The molecular weight excluding hydrogens is 463 g/mol. The van der Waals surface area contributed by atoms with Crippen LogP contribution in [0.2, 0.25) is 0 Å². The number of ether oxygens (including phenoxy) is 5. The van der Waals surface area contributed by atoms with E-state index in [2.05, 4.69) is 10.1 Å². The average molecular weight is 488 g/mol. The average Bonchev–Trinajstić information content (AvgIpc) is 2.81. The Hall–Kier alpha value is -2.39. The predicted molar refractivity (Wildman–Crippen MR) is 102 cm³/mol. The van der Waals surface area contributed by atoms with Crippen LogP contribution in [0, 0.1) is 29.1 Å². The fourth-order valence-corrected chi connectivity index (χ4v) is 2.09. The molecule has 3 N–H and O–H groups in total. The number of rotatable bonds is 17. The molecule has 0 aromatic heterocycles. The molecule has 0 spiro atoms. The summed E-state index contributed by atoms with van der Waals surface area (Å²) in [4.78, 5) is 22.4. The maximum Gasteiger partial charge on any atom is 0.313 e. The number of nitrogens with one attached hydrogen (secondary N) is 1. The van der Waals surface area contributed by atoms with Gasteiger partial charge in [0.25, 0.3) is 0 Å². The fraction of sp³-hybridized carbons (Fsp3) is 0.579. The number of amides is 1. The number of carbonyl (C=O) groups excluding carboxylic acids is 2. The third kappa shape index (κ3) is 10.9. The van der Waals surface area contributed by atoms with E-state index in [0.29, 0.717) is 33.0 Å². The Morgan fingerprint density at radius 3 is 1.58 bits per heavy atom. The van der Waals surface area contributed by atoms with Crippen molar-refractivity contribution in [3.63, 3.8) is 0 Å². The third-order valence-corrected chi connectivity index (χ3v) is 3.71. The summed E-state index contributed by atoms with van der Waals surface area (Å²) >= 11 is 0. The van der Waals surface area contributed by atoms with Gasteiger partial charge in [-0.1, -0.05) is 0 Å². The lowest BCUT2D eigenvalue weighted by Crippen LogP contribution is -2.32. The summed E-state index contributed by atoms with van der Waals surface area (Å²) < 4.78 is 90.8. The van der Waals surface area contributed by atoms with Crippen molar-refractivity contribution in [2.45, 2.75) is 6.42 Å². The first kappa shape index (κ1) is 28.6. The van der Waals surface area contributed by atoms with E-state index in [0.717, 1.165) is 0 Å². The molecule has 1 rings (SSSR count). The summed E-state index contributed by atoms with van der Waals surface area (Å²) in [5.74, 6) is -14.4. The molecule has 1 amide bonds. The Morgan fingerprint density at radius 2 is 1.09 bits per heavy atom. The minimum Gasteiger partial charge on any atom is -0.420 e. The molecule has 0 saturated heterocycles. The van der Waals surface area contributed by atoms with E-state index in [-0.39, 0.29) is 38.9 Å². The van der Waals surface area contributed by atoms with Gasteiger partial charge in [-0.2, -0.15) is 8.78 Å². The number of benzene rings is 1. The van der Waals surface area contributed by atoms with Crippen LogP contribution < -0.4 is 15.8 Å². The molecule has 0 radical (unpaired) electrons. The molecule has 0 aliphatic heterocycles. The summed E-state index contributed by atoms with van der Waals surface area (Å²) in [6.45, 7) is 1.84. The molecular formula is C19H25F5N2O7. The van der Waals surface area contributed by atoms with Crippen LogP contribution in [0.25, 0.3) is 0 Å². The SMILES string of the molecule is NCC(=O)NCCOCCOCCOCCOCCC(=O)Oc1c(F)c(F)c(F)c(F)c1F. The molecule has 0 atom stereocenters. The van der Waals surface area contributed by atoms with Crippen molar-refractivity contribution < 1.29 is 55.2 Å². The summed E-state index contributed by atoms with van der Waals surface area (Å²) in [5.41, 5.74) is 5.12. The van der Waals surface area contributed by atoms with E-state index in [4.69, 9.17) is 24.7 Å². The Balaban J connectivity index is 2.01. The lowest BCUT2D eigenvalue weighted by molar-refractivity contribution is -0.136. The van der Waals surface area contributed by atoms with E-state index in [1.54, 1.807) is 0 Å². The zero-order valence-corrected chi connectivity index (χ0v) is 17.6. The molecule has 0 unspecified atom stereocenters. The number of hydrogen-bond donors (Lipinski definition) is 2. The van der Waals surface area contributed by atoms with Gasteiger partial charge in [0.1, 0.15) is 0 Å². The molecule has 0 fully saturated rings. The molecule has 9 nitrogen and oxygen atoms in total. The first-order chi connectivity index (χ1) is 15.8. The fourth-order valence-electron chi connectivity index (χ4n) is 2.09. The molecule has 33 heavy (non-hydrogen) atoms. The van der Waals surface area contributed by atoms with Crippen molar-refractivity contribution >= 4 is 11.9 Å². The van der Waals surface area contributed by atoms with E-state index in [1.165, 1.54) is 0 Å². The lowest BCUT2D eigenvalue weighted by Gasteiger charge is -2.09. The van der Waals surface area contributed by atoms with Crippen LogP contribution in [0.15, 0.2) is 0 Å². The molecule has 0 heterocycles. The minimum atomic E-state index is -2.35. The molecule has 0 aliphatic carbocycles. The number of carbonyl (C=O) groups is 2. The van der Waals surface area contributed by atoms with Crippen molar-refractivity contribution in [1.29, 1.82) is 0 Å². The van der Waals surface area contributed by atoms with Crippen molar-refractivity contribution in [1.82, 2.24) is 5.32 Å². The summed E-state index contributed by atoms with van der Waals surface area (Å²) in [6.07, 6.45) is -0.488. The van der Waals surface area contributed by atoms with Crippen LogP contribution in [0.3, 0.4) is 0 Å². The van der Waals surface area contributed by atoms with Crippen LogP contribution in [-0.2, 0) is 28.5 Å². The van der Waals surface area contributed by atoms with Crippen molar-refractivity contribution in [3.05, 3.63) is 29.1 Å². The summed E-state index contributed by atoms with van der Waals surface area (Å²) in [7, 11) is 0. The van der Waals surface area contributed by atoms with Gasteiger partial charge in [-0.05, 0) is 0 Å². The molecule has 188 valence electrons. The number of esters is 1. The third-order valence-electron chi connectivity index (χ3n) is 3.71. The highest BCUT2D eigenvalue weighted by Crippen LogP contribution is 2.29. The molecule has 1 aromatic rings. The van der Waals surface area contributed by atoms with Crippen LogP contribution in [0.1, 0.15) is 6.42 Å². The van der Waals surface area contributed by atoms with Gasteiger partial charge in [0.15, 0.2) is 0 Å². The second kappa shape index (κ2) is 16.3. The van der Waals surface area contributed by atoms with Crippen molar-refractivity contribution in [2.24, 2.45) is 5.73 Å². The van der Waals surface area contributed by atoms with E-state index < -0.39 is 47.2 Å². The Kier molecular flexibility index (Phi) is 14.1. The predicted octanol–water partition coefficient (Wildman–Crippen LogP) is 0.819. The normalized spacial score (nSPS) is 11.0. The van der Waals surface area contributed by atoms with Crippen LogP contribution in [-0.4, -0.2) is 77.8 Å². The molecule has 14 heteroatoms. The van der Waals surface area contributed by atoms with Gasteiger partial charge >= 0.3 is 5.97 Å². The standard InChI is InChI=1S/C19H25F5N2O7/c20-14-15(21)17(23)19(18(24)16(14)22)33-13(28)1-3-29-5-7-31-9-10-32-8-6-30-4-2-26-12(27)11-25/h1-11,25H2,(H,26,27). The number of hydrogen-bond acceptors (Lipinski definition) is 8. The van der Waals surface area contributed by atoms with E-state index in [9.17, 15) is 31.5 Å². The first-order valence-corrected chi connectivity index (χ1v) is 9.79. The van der Waals surface area contributed by atoms with Crippen LogP contribution in [0.4, 0.5) is 22.0 Å². The van der Waals surface area contributed by atoms with Gasteiger partial charge < -0.3 is 34.7 Å². The Bertz CT molecular complexity index is 742. The Morgan fingerprint density at radius 1 is 0.667 bits per heavy atom. The molecule has 1 aromatic carbocycles. The number of nitrogens with two attached hydrogens (primary N) is 1. The van der Waals surface area contributed by atoms with Gasteiger partial charge in [-0.15, -0.1) is 0 Å². The van der Waals surface area contributed by atoms with Crippen LogP contribution in [0.5, 0.6) is 5.75 Å². The minimum absolute atomic E-state index is 0.0768. The largest absolute Gasteiger partial charge is 0.420 e. The van der Waals surface area contributed by atoms with Crippen molar-refractivity contribution in [2.75, 3.05) is 65.9 Å². The molecule has 0 aliphatic rings. The molecule has 0 bridgehead atoms. The van der Waals surface area contributed by atoms with E-state index in [1.807, 2.05) is 0 Å². The highest BCUT2D eigenvalue weighted by Gasteiger charge is 2.28. The maximum atomic E-state index is 13.4. The van der Waals surface area contributed by atoms with Gasteiger partial charge in [-0.25, -0.2) is 13.2 Å². The maximum absolute atomic E-state index is 13.4. The summed E-state index contributed by atoms with van der Waals surface area (Å²) in [5, 5.41) is 2.54. The topological polar surface area (TPSA) is 118 Å². The van der Waals surface area contributed by atoms with Gasteiger partial charge in [0.05, 0.1) is 65.8 Å². The van der Waals surface area contributed by atoms with Crippen LogP contribution >= 0.6 is 0 Å². The quantitative estimate of drug-likeness (QED) is 0.0827. The summed E-state index contributed by atoms with van der Waals surface area (Å²) in [6, 6.07) is 0. The zero-order valence-electron chi connectivity index (χ0n) is 17.6. The second-order valence-corrected chi connectivity index (χ2v) is 6.13. The second-order valence-electron chi connectivity index (χ2n) is 6.13. The van der Waals surface area contributed by atoms with E-state index >= 15 is 0 Å². The lowest BCUT2D eigenvalue weighted by atomic mass is 10.2. The van der Waals surface area contributed by atoms with Crippen molar-refractivity contribution in [3.8, 4) is 5.75 Å². The van der Waals surface area contributed by atoms with Gasteiger partial charge in [-0.3, -0.25) is 9.59 Å².